The third kappa shape index (κ3) is 4.51. The van der Waals surface area contributed by atoms with Crippen LogP contribution in [-0.2, 0) is 4.79 Å². The average molecular weight is 325 g/mol. The van der Waals surface area contributed by atoms with Crippen molar-refractivity contribution in [3.05, 3.63) is 81.9 Å². The Balaban J connectivity index is 2.15. The number of nitro benzene ring substituents is 1. The van der Waals surface area contributed by atoms with Gasteiger partial charge in [0.25, 0.3) is 11.6 Å². The lowest BCUT2D eigenvalue weighted by Crippen LogP contribution is -2.36. The second kappa shape index (κ2) is 7.68. The SMILES string of the molecule is CC(=O)/C=C(\NNC(=O)c1cccc([N+](=O)[O-])c1)c1ccccc1. The number of allylic oxidation sites excluding steroid dienone is 1. The zero-order valence-electron chi connectivity index (χ0n) is 12.9. The highest BCUT2D eigenvalue weighted by atomic mass is 16.6. The van der Waals surface area contributed by atoms with E-state index in [0.29, 0.717) is 11.3 Å². The minimum absolute atomic E-state index is 0.131. The van der Waals surface area contributed by atoms with Crippen molar-refractivity contribution in [2.45, 2.75) is 6.92 Å². The molecule has 1 amide bonds. The number of amides is 1. The topological polar surface area (TPSA) is 101 Å². The standard InChI is InChI=1S/C17H15N3O4/c1-12(21)10-16(13-6-3-2-4-7-13)18-19-17(22)14-8-5-9-15(11-14)20(23)24/h2-11,18H,1H3,(H,19,22)/b16-10-. The summed E-state index contributed by atoms with van der Waals surface area (Å²) < 4.78 is 0. The molecule has 0 radical (unpaired) electrons. The molecule has 0 heterocycles. The lowest BCUT2D eigenvalue weighted by atomic mass is 10.1. The number of non-ortho nitro benzene ring substituents is 1. The quantitative estimate of drug-likeness (QED) is 0.482. The second-order valence-electron chi connectivity index (χ2n) is 4.92. The molecule has 2 rings (SSSR count). The van der Waals surface area contributed by atoms with Gasteiger partial charge >= 0.3 is 0 Å². The molecular weight excluding hydrogens is 310 g/mol. The van der Waals surface area contributed by atoms with Crippen molar-refractivity contribution in [2.24, 2.45) is 0 Å². The summed E-state index contributed by atoms with van der Waals surface area (Å²) in [7, 11) is 0. The van der Waals surface area contributed by atoms with Gasteiger partial charge in [-0.3, -0.25) is 30.6 Å². The van der Waals surface area contributed by atoms with Gasteiger partial charge in [-0.25, -0.2) is 0 Å². The highest BCUT2D eigenvalue weighted by molar-refractivity contribution is 5.97. The van der Waals surface area contributed by atoms with E-state index in [2.05, 4.69) is 10.9 Å². The largest absolute Gasteiger partial charge is 0.298 e. The second-order valence-corrected chi connectivity index (χ2v) is 4.92. The molecule has 0 bridgehead atoms. The molecule has 0 unspecified atom stereocenters. The van der Waals surface area contributed by atoms with Crippen LogP contribution in [0.1, 0.15) is 22.8 Å². The Hall–Kier alpha value is -3.48. The number of hydrogen-bond acceptors (Lipinski definition) is 5. The van der Waals surface area contributed by atoms with Crippen LogP contribution in [0.5, 0.6) is 0 Å². The van der Waals surface area contributed by atoms with E-state index < -0.39 is 10.8 Å². The van der Waals surface area contributed by atoms with E-state index in [1.54, 1.807) is 24.3 Å². The van der Waals surface area contributed by atoms with Crippen LogP contribution in [-0.4, -0.2) is 16.6 Å². The minimum Gasteiger partial charge on any atom is -0.298 e. The molecule has 0 saturated heterocycles. The molecule has 0 aliphatic heterocycles. The number of nitrogens with one attached hydrogen (secondary N) is 2. The van der Waals surface area contributed by atoms with Gasteiger partial charge in [0.1, 0.15) is 0 Å². The number of rotatable bonds is 6. The maximum atomic E-state index is 12.1. The number of carbonyl (C=O) groups is 2. The molecule has 7 nitrogen and oxygen atoms in total. The van der Waals surface area contributed by atoms with Gasteiger partial charge < -0.3 is 0 Å². The molecular formula is C17H15N3O4. The van der Waals surface area contributed by atoms with Crippen LogP contribution < -0.4 is 10.9 Å². The third-order valence-corrected chi connectivity index (χ3v) is 3.06. The summed E-state index contributed by atoms with van der Waals surface area (Å²) in [5, 5.41) is 10.8. The zero-order valence-corrected chi connectivity index (χ0v) is 12.9. The van der Waals surface area contributed by atoms with E-state index in [-0.39, 0.29) is 17.0 Å². The molecule has 2 aromatic carbocycles. The van der Waals surface area contributed by atoms with Crippen molar-refractivity contribution in [3.63, 3.8) is 0 Å². The van der Waals surface area contributed by atoms with Gasteiger partial charge in [0.15, 0.2) is 5.78 Å². The average Bonchev–Trinajstić information content (AvgIpc) is 2.58. The molecule has 0 aliphatic rings. The fraction of sp³-hybridized carbons (Fsp3) is 0.0588. The number of benzene rings is 2. The maximum absolute atomic E-state index is 12.1. The van der Waals surface area contributed by atoms with E-state index >= 15 is 0 Å². The minimum atomic E-state index is -0.574. The van der Waals surface area contributed by atoms with E-state index in [4.69, 9.17) is 0 Å². The van der Waals surface area contributed by atoms with Gasteiger partial charge in [0.2, 0.25) is 0 Å². The van der Waals surface area contributed by atoms with Gasteiger partial charge in [0.05, 0.1) is 10.6 Å². The number of nitro groups is 1. The van der Waals surface area contributed by atoms with Crippen LogP contribution >= 0.6 is 0 Å². The number of ketones is 1. The van der Waals surface area contributed by atoms with Crippen molar-refractivity contribution in [3.8, 4) is 0 Å². The molecule has 2 N–H and O–H groups in total. The summed E-state index contributed by atoms with van der Waals surface area (Å²) in [4.78, 5) is 33.7. The molecule has 2 aromatic rings. The van der Waals surface area contributed by atoms with Crippen molar-refractivity contribution in [1.82, 2.24) is 10.9 Å². The Morgan fingerprint density at radius 1 is 1.00 bits per heavy atom. The normalized spacial score (nSPS) is 10.8. The van der Waals surface area contributed by atoms with Crippen LogP contribution in [0.3, 0.4) is 0 Å². The molecule has 0 saturated carbocycles. The Morgan fingerprint density at radius 3 is 2.29 bits per heavy atom. The molecule has 0 atom stereocenters. The smallest absolute Gasteiger partial charge is 0.270 e. The van der Waals surface area contributed by atoms with Crippen molar-refractivity contribution < 1.29 is 14.5 Å². The van der Waals surface area contributed by atoms with Crippen molar-refractivity contribution in [2.75, 3.05) is 0 Å². The van der Waals surface area contributed by atoms with Gasteiger partial charge in [-0.05, 0) is 18.6 Å². The third-order valence-electron chi connectivity index (χ3n) is 3.06. The summed E-state index contributed by atoms with van der Waals surface area (Å²) in [6, 6.07) is 14.3. The van der Waals surface area contributed by atoms with Crippen molar-refractivity contribution in [1.29, 1.82) is 0 Å². The summed E-state index contributed by atoms with van der Waals surface area (Å²) >= 11 is 0. The van der Waals surface area contributed by atoms with Gasteiger partial charge in [-0.2, -0.15) is 0 Å². The lowest BCUT2D eigenvalue weighted by molar-refractivity contribution is -0.384. The Labute approximate surface area is 138 Å². The van der Waals surface area contributed by atoms with Crippen LogP contribution in [0.15, 0.2) is 60.7 Å². The lowest BCUT2D eigenvalue weighted by Gasteiger charge is -2.12. The monoisotopic (exact) mass is 325 g/mol. The Bertz CT molecular complexity index is 800. The Morgan fingerprint density at radius 2 is 1.67 bits per heavy atom. The first kappa shape index (κ1) is 16.9. The van der Waals surface area contributed by atoms with Crippen LogP contribution in [0.2, 0.25) is 0 Å². The highest BCUT2D eigenvalue weighted by Crippen LogP contribution is 2.13. The molecule has 7 heteroatoms. The predicted molar refractivity (Wildman–Crippen MR) is 88.8 cm³/mol. The van der Waals surface area contributed by atoms with Crippen molar-refractivity contribution >= 4 is 23.1 Å². The van der Waals surface area contributed by atoms with E-state index in [1.807, 2.05) is 6.07 Å². The number of hydrazine groups is 1. The number of hydrogen-bond donors (Lipinski definition) is 2. The first-order chi connectivity index (χ1) is 11.5. The van der Waals surface area contributed by atoms with Crippen LogP contribution in [0.4, 0.5) is 5.69 Å². The summed E-state index contributed by atoms with van der Waals surface area (Å²) in [6.45, 7) is 1.40. The number of carbonyl (C=O) groups excluding carboxylic acids is 2. The predicted octanol–water partition coefficient (Wildman–Crippen LogP) is 2.46. The molecule has 24 heavy (non-hydrogen) atoms. The summed E-state index contributed by atoms with van der Waals surface area (Å²) in [5.41, 5.74) is 6.21. The first-order valence-corrected chi connectivity index (χ1v) is 7.06. The van der Waals surface area contributed by atoms with E-state index in [0.717, 1.165) is 0 Å². The fourth-order valence-corrected chi connectivity index (χ4v) is 1.97. The summed E-state index contributed by atoms with van der Waals surface area (Å²) in [6.07, 6.45) is 1.35. The Kier molecular flexibility index (Phi) is 5.40. The van der Waals surface area contributed by atoms with Gasteiger partial charge in [-0.15, -0.1) is 0 Å². The van der Waals surface area contributed by atoms with E-state index in [9.17, 15) is 19.7 Å². The highest BCUT2D eigenvalue weighted by Gasteiger charge is 2.12. The zero-order chi connectivity index (χ0) is 17.5. The molecule has 122 valence electrons. The van der Waals surface area contributed by atoms with Crippen LogP contribution in [0, 0.1) is 10.1 Å². The molecule has 0 aromatic heterocycles. The van der Waals surface area contributed by atoms with Crippen LogP contribution in [0.25, 0.3) is 5.70 Å². The summed E-state index contributed by atoms with van der Waals surface area (Å²) in [5.74, 6) is -0.741. The maximum Gasteiger partial charge on any atom is 0.270 e. The molecule has 0 fully saturated rings. The fourth-order valence-electron chi connectivity index (χ4n) is 1.97. The molecule has 0 spiro atoms. The molecule has 0 aliphatic carbocycles. The van der Waals surface area contributed by atoms with E-state index in [1.165, 1.54) is 37.3 Å². The number of nitrogens with zero attached hydrogens (tertiary/aromatic N) is 1. The first-order valence-electron chi connectivity index (χ1n) is 7.06. The van der Waals surface area contributed by atoms with Gasteiger partial charge in [-0.1, -0.05) is 36.4 Å². The van der Waals surface area contributed by atoms with Gasteiger partial charge in [0, 0.05) is 23.8 Å².